The highest BCUT2D eigenvalue weighted by Gasteiger charge is 2.32. The maximum absolute atomic E-state index is 11.6. The van der Waals surface area contributed by atoms with E-state index < -0.39 is 11.5 Å². The van der Waals surface area contributed by atoms with Gasteiger partial charge in [0, 0.05) is 12.7 Å². The number of rotatable bonds is 2. The third-order valence-corrected chi connectivity index (χ3v) is 2.72. The molecule has 0 spiro atoms. The quantitative estimate of drug-likeness (QED) is 0.797. The second-order valence-electron chi connectivity index (χ2n) is 4.97. The van der Waals surface area contributed by atoms with E-state index >= 15 is 0 Å². The molecule has 18 heavy (non-hydrogen) atoms. The second-order valence-corrected chi connectivity index (χ2v) is 4.97. The van der Waals surface area contributed by atoms with Gasteiger partial charge in [-0.15, -0.1) is 0 Å². The van der Waals surface area contributed by atoms with Gasteiger partial charge in [0.05, 0.1) is 12.1 Å². The van der Waals surface area contributed by atoms with Crippen LogP contribution in [0.3, 0.4) is 0 Å². The van der Waals surface area contributed by atoms with E-state index in [9.17, 15) is 9.59 Å². The number of nitrogens with one attached hydrogen (secondary N) is 1. The number of carboxylic acid groups (broad SMARTS) is 1. The van der Waals surface area contributed by atoms with Crippen LogP contribution in [0.25, 0.3) is 0 Å². The third kappa shape index (κ3) is 2.42. The van der Waals surface area contributed by atoms with Gasteiger partial charge in [-0.05, 0) is 26.0 Å². The van der Waals surface area contributed by atoms with Gasteiger partial charge in [0.1, 0.15) is 11.4 Å². The van der Waals surface area contributed by atoms with Crippen molar-refractivity contribution in [3.63, 3.8) is 0 Å². The van der Waals surface area contributed by atoms with Crippen LogP contribution in [0.1, 0.15) is 24.2 Å². The number of pyridine rings is 1. The van der Waals surface area contributed by atoms with E-state index in [-0.39, 0.29) is 18.0 Å². The first-order chi connectivity index (χ1) is 8.39. The van der Waals surface area contributed by atoms with Crippen molar-refractivity contribution in [2.75, 3.05) is 18.0 Å². The van der Waals surface area contributed by atoms with E-state index in [2.05, 4.69) is 10.3 Å². The highest BCUT2D eigenvalue weighted by atomic mass is 16.4. The molecule has 2 heterocycles. The number of anilines is 1. The van der Waals surface area contributed by atoms with E-state index in [1.54, 1.807) is 11.0 Å². The highest BCUT2D eigenvalue weighted by Crippen LogP contribution is 2.21. The van der Waals surface area contributed by atoms with Crippen LogP contribution < -0.4 is 10.2 Å². The van der Waals surface area contributed by atoms with Crippen LogP contribution in [0.2, 0.25) is 0 Å². The van der Waals surface area contributed by atoms with Crippen LogP contribution in [0.5, 0.6) is 0 Å². The van der Waals surface area contributed by atoms with Crippen molar-refractivity contribution in [3.05, 3.63) is 23.9 Å². The topological polar surface area (TPSA) is 82.5 Å². The minimum atomic E-state index is -1.04. The molecule has 0 aliphatic carbocycles. The number of nitrogens with zero attached hydrogens (tertiary/aromatic N) is 2. The van der Waals surface area contributed by atoms with Gasteiger partial charge in [-0.25, -0.2) is 9.78 Å². The first-order valence-corrected chi connectivity index (χ1v) is 5.63. The average Bonchev–Trinajstić information content (AvgIpc) is 2.26. The number of carboxylic acids is 1. The zero-order valence-corrected chi connectivity index (χ0v) is 10.3. The first kappa shape index (κ1) is 12.3. The number of piperazine rings is 1. The summed E-state index contributed by atoms with van der Waals surface area (Å²) in [5.74, 6) is -0.831. The molecule has 0 saturated carbocycles. The van der Waals surface area contributed by atoms with Crippen molar-refractivity contribution in [2.24, 2.45) is 0 Å². The minimum Gasteiger partial charge on any atom is -0.478 e. The SMILES string of the molecule is CC1(C)CN(c2ncccc2C(=O)O)CC(=O)N1. The Bertz CT molecular complexity index is 499. The number of aromatic nitrogens is 1. The number of hydrogen-bond acceptors (Lipinski definition) is 4. The van der Waals surface area contributed by atoms with Crippen LogP contribution in [0.15, 0.2) is 18.3 Å². The summed E-state index contributed by atoms with van der Waals surface area (Å²) in [5, 5.41) is 12.0. The zero-order chi connectivity index (χ0) is 13.3. The Labute approximate surface area is 105 Å². The molecule has 0 atom stereocenters. The lowest BCUT2D eigenvalue weighted by Gasteiger charge is -2.39. The molecule has 1 amide bonds. The van der Waals surface area contributed by atoms with Crippen LogP contribution in [0.4, 0.5) is 5.82 Å². The summed E-state index contributed by atoms with van der Waals surface area (Å²) in [5.41, 5.74) is -0.286. The maximum Gasteiger partial charge on any atom is 0.339 e. The molecule has 0 radical (unpaired) electrons. The molecule has 1 aliphatic rings. The van der Waals surface area contributed by atoms with Gasteiger partial charge < -0.3 is 15.3 Å². The van der Waals surface area contributed by atoms with Gasteiger partial charge in [-0.1, -0.05) is 0 Å². The van der Waals surface area contributed by atoms with Gasteiger partial charge in [0.15, 0.2) is 0 Å². The van der Waals surface area contributed by atoms with Crippen molar-refractivity contribution in [1.82, 2.24) is 10.3 Å². The Morgan fingerprint density at radius 3 is 2.89 bits per heavy atom. The molecule has 0 aromatic carbocycles. The Hall–Kier alpha value is -2.11. The predicted octanol–water partition coefficient (Wildman–Crippen LogP) is 0.495. The molecule has 1 aromatic heterocycles. The molecule has 1 aliphatic heterocycles. The zero-order valence-electron chi connectivity index (χ0n) is 10.3. The predicted molar refractivity (Wildman–Crippen MR) is 65.6 cm³/mol. The lowest BCUT2D eigenvalue weighted by molar-refractivity contribution is -0.122. The van der Waals surface area contributed by atoms with Gasteiger partial charge in [0.2, 0.25) is 5.91 Å². The smallest absolute Gasteiger partial charge is 0.339 e. The fraction of sp³-hybridized carbons (Fsp3) is 0.417. The van der Waals surface area contributed by atoms with Crippen molar-refractivity contribution < 1.29 is 14.7 Å². The van der Waals surface area contributed by atoms with Gasteiger partial charge in [-0.3, -0.25) is 4.79 Å². The van der Waals surface area contributed by atoms with Crippen molar-refractivity contribution in [3.8, 4) is 0 Å². The summed E-state index contributed by atoms with van der Waals surface area (Å²) in [7, 11) is 0. The number of amides is 1. The van der Waals surface area contributed by atoms with E-state index in [1.165, 1.54) is 12.3 Å². The number of carbonyl (C=O) groups excluding carboxylic acids is 1. The molecule has 0 unspecified atom stereocenters. The summed E-state index contributed by atoms with van der Waals surface area (Å²) in [6.45, 7) is 4.43. The lowest BCUT2D eigenvalue weighted by atomic mass is 10.0. The minimum absolute atomic E-state index is 0.114. The summed E-state index contributed by atoms with van der Waals surface area (Å²) < 4.78 is 0. The Morgan fingerprint density at radius 1 is 1.56 bits per heavy atom. The van der Waals surface area contributed by atoms with Crippen LogP contribution in [0, 0.1) is 0 Å². The van der Waals surface area contributed by atoms with E-state index in [0.717, 1.165) is 0 Å². The molecule has 2 N–H and O–H groups in total. The van der Waals surface area contributed by atoms with E-state index in [1.807, 2.05) is 13.8 Å². The normalized spacial score (nSPS) is 18.3. The van der Waals surface area contributed by atoms with Crippen LogP contribution in [-0.2, 0) is 4.79 Å². The Kier molecular flexibility index (Phi) is 2.94. The summed E-state index contributed by atoms with van der Waals surface area (Å²) in [6.07, 6.45) is 1.53. The lowest BCUT2D eigenvalue weighted by Crippen LogP contribution is -2.60. The highest BCUT2D eigenvalue weighted by molar-refractivity contribution is 5.94. The fourth-order valence-corrected chi connectivity index (χ4v) is 2.13. The Morgan fingerprint density at radius 2 is 2.28 bits per heavy atom. The van der Waals surface area contributed by atoms with Gasteiger partial charge in [-0.2, -0.15) is 0 Å². The molecular formula is C12H15N3O3. The monoisotopic (exact) mass is 249 g/mol. The number of aromatic carboxylic acids is 1. The summed E-state index contributed by atoms with van der Waals surface area (Å²) in [6, 6.07) is 3.06. The van der Waals surface area contributed by atoms with Crippen molar-refractivity contribution >= 4 is 17.7 Å². The fourth-order valence-electron chi connectivity index (χ4n) is 2.13. The molecule has 96 valence electrons. The van der Waals surface area contributed by atoms with E-state index in [0.29, 0.717) is 12.4 Å². The third-order valence-electron chi connectivity index (χ3n) is 2.72. The molecule has 1 fully saturated rings. The maximum atomic E-state index is 11.6. The molecule has 1 aromatic rings. The van der Waals surface area contributed by atoms with Crippen LogP contribution >= 0.6 is 0 Å². The molecular weight excluding hydrogens is 234 g/mol. The molecule has 1 saturated heterocycles. The number of hydrogen-bond donors (Lipinski definition) is 2. The standard InChI is InChI=1S/C12H15N3O3/c1-12(2)7-15(6-9(16)14-12)10-8(11(17)18)4-3-5-13-10/h3-5H,6-7H2,1-2H3,(H,14,16)(H,17,18). The largest absolute Gasteiger partial charge is 0.478 e. The van der Waals surface area contributed by atoms with Crippen LogP contribution in [-0.4, -0.2) is 40.6 Å². The second kappa shape index (κ2) is 4.29. The molecule has 0 bridgehead atoms. The molecule has 2 rings (SSSR count). The van der Waals surface area contributed by atoms with Crippen molar-refractivity contribution in [1.29, 1.82) is 0 Å². The summed E-state index contributed by atoms with van der Waals surface area (Å²) in [4.78, 5) is 28.5. The molecule has 6 heteroatoms. The first-order valence-electron chi connectivity index (χ1n) is 5.63. The van der Waals surface area contributed by atoms with E-state index in [4.69, 9.17) is 5.11 Å². The molecule has 6 nitrogen and oxygen atoms in total. The Balaban J connectivity index is 2.37. The number of carbonyl (C=O) groups is 2. The summed E-state index contributed by atoms with van der Waals surface area (Å²) >= 11 is 0. The van der Waals surface area contributed by atoms with Crippen molar-refractivity contribution in [2.45, 2.75) is 19.4 Å². The van der Waals surface area contributed by atoms with Gasteiger partial charge in [0.25, 0.3) is 0 Å². The average molecular weight is 249 g/mol. The van der Waals surface area contributed by atoms with Gasteiger partial charge >= 0.3 is 5.97 Å².